The predicted molar refractivity (Wildman–Crippen MR) is 266 cm³/mol. The van der Waals surface area contributed by atoms with Gasteiger partial charge in [0.05, 0.1) is 5.77 Å². The van der Waals surface area contributed by atoms with E-state index in [1.54, 1.807) is 0 Å². The van der Waals surface area contributed by atoms with Crippen molar-refractivity contribution in [3.8, 4) is 20.9 Å². The summed E-state index contributed by atoms with van der Waals surface area (Å²) in [6.45, 7) is 43.1. The van der Waals surface area contributed by atoms with Gasteiger partial charge in [-0.1, -0.05) is 165 Å². The van der Waals surface area contributed by atoms with Crippen LogP contribution in [0.4, 0.5) is 0 Å². The van der Waals surface area contributed by atoms with Gasteiger partial charge in [0.1, 0.15) is 0 Å². The summed E-state index contributed by atoms with van der Waals surface area (Å²) in [6, 6.07) is 19.6. The van der Waals surface area contributed by atoms with Gasteiger partial charge in [-0.25, -0.2) is 0 Å². The zero-order valence-corrected chi connectivity index (χ0v) is 43.8. The third-order valence-electron chi connectivity index (χ3n) is 10.2. The first kappa shape index (κ1) is 44.5. The molecule has 6 heteroatoms. The molecule has 0 aliphatic heterocycles. The Bertz CT molecular complexity index is 2060. The molecule has 0 atom stereocenters. The topological polar surface area (TPSA) is 0 Å². The number of halogens is 2. The minimum Gasteiger partial charge on any atom is -0.129 e. The number of thiophene rings is 2. The average molecular weight is 1020 g/mol. The van der Waals surface area contributed by atoms with Crippen LogP contribution >= 0.6 is 84.3 Å². The van der Waals surface area contributed by atoms with Gasteiger partial charge < -0.3 is 0 Å². The molecule has 0 nitrogen and oxygen atoms in total. The maximum Gasteiger partial charge on any atom is 0.0660 e. The van der Waals surface area contributed by atoms with Crippen molar-refractivity contribution in [2.45, 2.75) is 157 Å². The van der Waals surface area contributed by atoms with Gasteiger partial charge in [-0.3, -0.25) is 0 Å². The number of hydrogen-bond donors (Lipinski definition) is 0. The number of rotatable bonds is 4. The average Bonchev–Trinajstić information content (AvgIpc) is 3.60. The van der Waals surface area contributed by atoms with E-state index in [-0.39, 0.29) is 32.5 Å². The van der Waals surface area contributed by atoms with E-state index in [4.69, 9.17) is 0 Å². The summed E-state index contributed by atoms with van der Waals surface area (Å²) >= 11 is 8.89. The van der Waals surface area contributed by atoms with Crippen LogP contribution in [0.25, 0.3) is 20.9 Å². The van der Waals surface area contributed by atoms with Crippen molar-refractivity contribution >= 4 is 94.9 Å². The van der Waals surface area contributed by atoms with Gasteiger partial charge in [0.2, 0.25) is 0 Å². The molecule has 0 spiro atoms. The molecule has 2 aromatic heterocycles. The van der Waals surface area contributed by atoms with Crippen LogP contribution in [0.2, 0.25) is 0 Å². The lowest BCUT2D eigenvalue weighted by molar-refractivity contribution is 0.553. The lowest BCUT2D eigenvalue weighted by Gasteiger charge is -2.33. The molecule has 5 aromatic rings. The van der Waals surface area contributed by atoms with Gasteiger partial charge >= 0.3 is 0 Å². The van der Waals surface area contributed by atoms with Crippen LogP contribution in [-0.4, -0.2) is 0 Å². The van der Waals surface area contributed by atoms with Crippen molar-refractivity contribution < 1.29 is 0 Å². The van der Waals surface area contributed by atoms with Gasteiger partial charge in [-0.2, -0.15) is 0 Å². The van der Waals surface area contributed by atoms with Crippen LogP contribution in [0, 0.1) is 15.6 Å². The molecule has 3 aromatic carbocycles. The summed E-state index contributed by atoms with van der Waals surface area (Å²) in [6.07, 6.45) is 0. The Morgan fingerprint density at radius 1 is 0.389 bits per heavy atom. The lowest BCUT2D eigenvalue weighted by Crippen LogP contribution is -2.30. The maximum absolute atomic E-state index is 2.55. The van der Waals surface area contributed by atoms with Crippen LogP contribution < -0.4 is 10.6 Å². The van der Waals surface area contributed by atoms with Gasteiger partial charge in [-0.15, -0.1) is 22.7 Å². The van der Waals surface area contributed by atoms with Crippen molar-refractivity contribution in [3.05, 3.63) is 97.6 Å². The van der Waals surface area contributed by atoms with E-state index < -0.39 is 0 Å². The fourth-order valence-electron chi connectivity index (χ4n) is 6.89. The third kappa shape index (κ3) is 9.47. The van der Waals surface area contributed by atoms with Crippen LogP contribution in [-0.2, 0) is 32.5 Å². The van der Waals surface area contributed by atoms with Crippen LogP contribution in [0.3, 0.4) is 0 Å². The zero-order chi connectivity index (χ0) is 40.7. The monoisotopic (exact) mass is 1020 g/mol. The van der Waals surface area contributed by atoms with E-state index in [9.17, 15) is 0 Å². The first-order valence-electron chi connectivity index (χ1n) is 19.2. The summed E-state index contributed by atoms with van der Waals surface area (Å²) in [5.74, 6) is 0. The minimum atomic E-state index is -0.0117. The summed E-state index contributed by atoms with van der Waals surface area (Å²) in [5, 5.41) is 2.98. The second-order valence-electron chi connectivity index (χ2n) is 21.2. The number of benzene rings is 2. The summed E-state index contributed by atoms with van der Waals surface area (Å²) in [4.78, 5) is 5.76. The van der Waals surface area contributed by atoms with Gasteiger partial charge in [0.25, 0.3) is 0 Å². The van der Waals surface area contributed by atoms with Gasteiger partial charge in [0.15, 0.2) is 0 Å². The van der Waals surface area contributed by atoms with Gasteiger partial charge in [-0.05, 0) is 135 Å². The highest BCUT2D eigenvalue weighted by molar-refractivity contribution is 14.1. The molecule has 0 saturated carbocycles. The molecule has 5 rings (SSSR count). The third-order valence-corrected chi connectivity index (χ3v) is 17.0. The normalized spacial score (nSPS) is 14.5. The molecular formula is C48H62I2P2S2. The highest BCUT2D eigenvalue weighted by Crippen LogP contribution is 2.49. The molecule has 0 unspecified atom stereocenters. The van der Waals surface area contributed by atoms with E-state index in [0.29, 0.717) is 0 Å². The summed E-state index contributed by atoms with van der Waals surface area (Å²) < 4.78 is 2.67. The van der Waals surface area contributed by atoms with Crippen LogP contribution in [0.5, 0.6) is 0 Å². The second-order valence-corrected chi connectivity index (χ2v) is 29.4. The fourth-order valence-corrected chi connectivity index (χ4v) is 14.4. The molecule has 0 bridgehead atoms. The van der Waals surface area contributed by atoms with Crippen molar-refractivity contribution in [2.75, 3.05) is 0 Å². The Hall–Kier alpha value is -0.620. The molecule has 0 aliphatic carbocycles. The van der Waals surface area contributed by atoms with Crippen molar-refractivity contribution in [3.63, 3.8) is 0 Å². The van der Waals surface area contributed by atoms with Gasteiger partial charge in [0, 0.05) is 41.4 Å². The first-order chi connectivity index (χ1) is 24.4. The molecule has 0 N–H and O–H groups in total. The molecule has 0 amide bonds. The smallest absolute Gasteiger partial charge is 0.0660 e. The second kappa shape index (κ2) is 15.2. The van der Waals surface area contributed by atoms with Crippen molar-refractivity contribution in [1.29, 1.82) is 0 Å². The molecule has 54 heavy (non-hydrogen) atoms. The van der Waals surface area contributed by atoms with Crippen molar-refractivity contribution in [1.82, 2.24) is 0 Å². The predicted octanol–water partition coefficient (Wildman–Crippen LogP) is 16.6. The van der Waals surface area contributed by atoms with Crippen molar-refractivity contribution in [2.24, 2.45) is 0 Å². The van der Waals surface area contributed by atoms with Crippen LogP contribution in [0.1, 0.15) is 158 Å². The fraction of sp³-hybridized carbons (Fsp3) is 0.500. The first-order valence-corrected chi connectivity index (χ1v) is 24.8. The van der Waals surface area contributed by atoms with E-state index in [1.165, 1.54) is 96.9 Å². The molecule has 0 aliphatic rings. The van der Waals surface area contributed by atoms with E-state index >= 15 is 0 Å². The molecule has 2 heterocycles. The lowest BCUT2D eigenvalue weighted by atomic mass is 9.75. The number of hydrogen-bond acceptors (Lipinski definition) is 2. The molecular weight excluding hydrogens is 956 g/mol. The standard InChI is InChI=1S/C48H62I2P2S2/c1-43(2,3)27-23-29(45(7,8)9)39(30(24-27)46(10,11)12)51-41-37(33-19-21-35(49)53-33)38(34-20-22-36(50)54-34)42(41)52-40-31(47(13,14)15)25-28(44(4,5)6)26-32(40)48(16,17)18/h19-26H,1-18H3. The SMILES string of the molecule is CC(C)(C)c1cc(C(C)(C)C)c(P=c2c(-c3ccc(I)s3)c(-c3ccc(I)s3)c2=Pc2c(C(C)(C)C)cc(C(C)(C)C)cc2C(C)(C)C)c(C(C)(C)C)c1. The highest BCUT2D eigenvalue weighted by atomic mass is 127. The Balaban J connectivity index is 2.11. The minimum absolute atomic E-state index is 0.0117. The Morgan fingerprint density at radius 2 is 0.648 bits per heavy atom. The van der Waals surface area contributed by atoms with Crippen LogP contribution in [0.15, 0.2) is 48.5 Å². The molecule has 0 fully saturated rings. The van der Waals surface area contributed by atoms with E-state index in [2.05, 4.69) is 218 Å². The Kier molecular flexibility index (Phi) is 12.5. The van der Waals surface area contributed by atoms with E-state index in [1.807, 2.05) is 22.7 Å². The maximum atomic E-state index is 2.55. The Labute approximate surface area is 367 Å². The Morgan fingerprint density at radius 3 is 0.833 bits per heavy atom. The molecule has 290 valence electrons. The zero-order valence-electron chi connectivity index (χ0n) is 36.1. The summed E-state index contributed by atoms with van der Waals surface area (Å²) in [5.41, 5.74) is 11.7. The summed E-state index contributed by atoms with van der Waals surface area (Å²) in [7, 11) is 2.61. The highest BCUT2D eigenvalue weighted by Gasteiger charge is 2.32. The molecule has 0 saturated heterocycles. The quantitative estimate of drug-likeness (QED) is 0.124. The largest absolute Gasteiger partial charge is 0.129 e. The molecule has 0 radical (unpaired) electrons. The van der Waals surface area contributed by atoms with E-state index in [0.717, 1.165) is 0 Å².